The maximum Gasteiger partial charge on any atom is 0.122 e. The minimum Gasteiger partial charge on any atom is -0.489 e. The third-order valence-electron chi connectivity index (χ3n) is 4.71. The van der Waals surface area contributed by atoms with Gasteiger partial charge in [-0.1, -0.05) is 67.6 Å². The molecule has 1 atom stereocenters. The highest BCUT2D eigenvalue weighted by Crippen LogP contribution is 2.28. The van der Waals surface area contributed by atoms with Crippen molar-refractivity contribution in [2.45, 2.75) is 38.7 Å². The van der Waals surface area contributed by atoms with Gasteiger partial charge >= 0.3 is 0 Å². The van der Waals surface area contributed by atoms with Crippen LogP contribution >= 0.6 is 0 Å². The van der Waals surface area contributed by atoms with Crippen molar-refractivity contribution < 1.29 is 4.74 Å². The number of benzene rings is 3. The smallest absolute Gasteiger partial charge is 0.122 e. The second-order valence-electron chi connectivity index (χ2n) is 6.89. The summed E-state index contributed by atoms with van der Waals surface area (Å²) in [6, 6.07) is 27.0. The Labute approximate surface area is 156 Å². The third kappa shape index (κ3) is 5.38. The van der Waals surface area contributed by atoms with Gasteiger partial charge in [0, 0.05) is 11.8 Å². The van der Waals surface area contributed by atoms with Gasteiger partial charge in [-0.15, -0.1) is 0 Å². The number of aryl methyl sites for hydroxylation is 1. The lowest BCUT2D eigenvalue weighted by Gasteiger charge is -2.15. The second-order valence-corrected chi connectivity index (χ2v) is 6.89. The minimum absolute atomic E-state index is 0.460. The van der Waals surface area contributed by atoms with Crippen LogP contribution < -0.4 is 10.5 Å². The van der Waals surface area contributed by atoms with Crippen molar-refractivity contribution >= 4 is 5.69 Å². The van der Waals surface area contributed by atoms with Gasteiger partial charge in [0.05, 0.1) is 0 Å². The SMILES string of the molecule is CC(CCCc1ccccc1)c1cc(N)cc(OCc2ccccc2)c1. The fraction of sp³-hybridized carbons (Fsp3) is 0.250. The Balaban J connectivity index is 1.57. The lowest BCUT2D eigenvalue weighted by Crippen LogP contribution is -2.00. The van der Waals surface area contributed by atoms with E-state index >= 15 is 0 Å². The summed E-state index contributed by atoms with van der Waals surface area (Å²) in [5.74, 6) is 1.31. The van der Waals surface area contributed by atoms with Crippen LogP contribution in [0.4, 0.5) is 5.69 Å². The van der Waals surface area contributed by atoms with E-state index in [4.69, 9.17) is 10.5 Å². The Morgan fingerprint density at radius 3 is 2.19 bits per heavy atom. The second kappa shape index (κ2) is 9.10. The van der Waals surface area contributed by atoms with E-state index in [1.807, 2.05) is 24.3 Å². The van der Waals surface area contributed by atoms with Crippen LogP contribution in [0.25, 0.3) is 0 Å². The van der Waals surface area contributed by atoms with E-state index in [0.29, 0.717) is 12.5 Å². The van der Waals surface area contributed by atoms with E-state index in [2.05, 4.69) is 61.5 Å². The number of hydrogen-bond acceptors (Lipinski definition) is 2. The molecular weight excluding hydrogens is 318 g/mol. The average molecular weight is 345 g/mol. The molecule has 0 aliphatic carbocycles. The third-order valence-corrected chi connectivity index (χ3v) is 4.71. The molecule has 0 fully saturated rings. The van der Waals surface area contributed by atoms with Crippen LogP contribution in [-0.4, -0.2) is 0 Å². The van der Waals surface area contributed by atoms with Crippen molar-refractivity contribution in [3.63, 3.8) is 0 Å². The molecule has 3 aromatic carbocycles. The number of nitrogen functional groups attached to an aromatic ring is 1. The normalized spacial score (nSPS) is 11.9. The van der Waals surface area contributed by atoms with Gasteiger partial charge < -0.3 is 10.5 Å². The molecule has 0 amide bonds. The highest BCUT2D eigenvalue weighted by Gasteiger charge is 2.09. The first-order chi connectivity index (χ1) is 12.7. The van der Waals surface area contributed by atoms with E-state index in [9.17, 15) is 0 Å². The Morgan fingerprint density at radius 1 is 0.846 bits per heavy atom. The molecule has 0 heterocycles. The van der Waals surface area contributed by atoms with Gasteiger partial charge in [0.2, 0.25) is 0 Å². The molecule has 3 aromatic rings. The molecule has 0 aliphatic heterocycles. The predicted octanol–water partition coefficient (Wildman–Crippen LogP) is 5.97. The number of rotatable bonds is 8. The van der Waals surface area contributed by atoms with Crippen molar-refractivity contribution in [2.75, 3.05) is 5.73 Å². The van der Waals surface area contributed by atoms with E-state index in [1.54, 1.807) is 0 Å². The topological polar surface area (TPSA) is 35.2 Å². The summed E-state index contributed by atoms with van der Waals surface area (Å²) in [5.41, 5.74) is 10.7. The van der Waals surface area contributed by atoms with Gasteiger partial charge in [-0.05, 0) is 54.0 Å². The molecule has 2 N–H and O–H groups in total. The number of nitrogens with two attached hydrogens (primary N) is 1. The monoisotopic (exact) mass is 345 g/mol. The Kier molecular flexibility index (Phi) is 6.32. The quantitative estimate of drug-likeness (QED) is 0.510. The first-order valence-corrected chi connectivity index (χ1v) is 9.32. The van der Waals surface area contributed by atoms with Gasteiger partial charge in [-0.3, -0.25) is 0 Å². The summed E-state index contributed by atoms with van der Waals surface area (Å²) < 4.78 is 5.96. The molecule has 0 aromatic heterocycles. The van der Waals surface area contributed by atoms with Crippen molar-refractivity contribution in [1.82, 2.24) is 0 Å². The summed E-state index contributed by atoms with van der Waals surface area (Å²) in [6.45, 7) is 2.83. The summed E-state index contributed by atoms with van der Waals surface area (Å²) in [6.07, 6.45) is 3.42. The lowest BCUT2D eigenvalue weighted by molar-refractivity contribution is 0.306. The molecule has 0 bridgehead atoms. The molecule has 0 saturated carbocycles. The molecule has 2 heteroatoms. The van der Waals surface area contributed by atoms with Gasteiger partial charge in [0.15, 0.2) is 0 Å². The first kappa shape index (κ1) is 18.1. The maximum atomic E-state index is 6.11. The molecule has 0 radical (unpaired) electrons. The summed E-state index contributed by atoms with van der Waals surface area (Å²) in [7, 11) is 0. The van der Waals surface area contributed by atoms with Crippen LogP contribution in [0.15, 0.2) is 78.9 Å². The molecule has 1 unspecified atom stereocenters. The molecule has 3 rings (SSSR count). The average Bonchev–Trinajstić information content (AvgIpc) is 2.67. The van der Waals surface area contributed by atoms with Crippen LogP contribution in [0, 0.1) is 0 Å². The fourth-order valence-electron chi connectivity index (χ4n) is 3.18. The number of ether oxygens (including phenoxy) is 1. The van der Waals surface area contributed by atoms with Gasteiger partial charge in [-0.2, -0.15) is 0 Å². The summed E-state index contributed by atoms with van der Waals surface area (Å²) in [4.78, 5) is 0. The van der Waals surface area contributed by atoms with E-state index in [0.717, 1.165) is 29.8 Å². The van der Waals surface area contributed by atoms with E-state index in [-0.39, 0.29) is 0 Å². The lowest BCUT2D eigenvalue weighted by atomic mass is 9.93. The van der Waals surface area contributed by atoms with Crippen molar-refractivity contribution in [2.24, 2.45) is 0 Å². The Hall–Kier alpha value is -2.74. The highest BCUT2D eigenvalue weighted by molar-refractivity contribution is 5.48. The van der Waals surface area contributed by atoms with Gasteiger partial charge in [0.1, 0.15) is 12.4 Å². The maximum absolute atomic E-state index is 6.11. The largest absolute Gasteiger partial charge is 0.489 e. The fourth-order valence-corrected chi connectivity index (χ4v) is 3.18. The molecule has 2 nitrogen and oxygen atoms in total. The van der Waals surface area contributed by atoms with Gasteiger partial charge in [-0.25, -0.2) is 0 Å². The zero-order valence-corrected chi connectivity index (χ0v) is 15.4. The van der Waals surface area contributed by atoms with E-state index < -0.39 is 0 Å². The Morgan fingerprint density at radius 2 is 1.50 bits per heavy atom. The molecule has 0 saturated heterocycles. The van der Waals surface area contributed by atoms with E-state index in [1.165, 1.54) is 17.5 Å². The Bertz CT molecular complexity index is 799. The zero-order chi connectivity index (χ0) is 18.2. The molecule has 134 valence electrons. The molecule has 26 heavy (non-hydrogen) atoms. The first-order valence-electron chi connectivity index (χ1n) is 9.32. The van der Waals surface area contributed by atoms with Crippen LogP contribution in [0.5, 0.6) is 5.75 Å². The van der Waals surface area contributed by atoms with Crippen LogP contribution in [0.2, 0.25) is 0 Å². The van der Waals surface area contributed by atoms with Crippen molar-refractivity contribution in [3.8, 4) is 5.75 Å². The molecule has 0 spiro atoms. The molecular formula is C24H27NO. The summed E-state index contributed by atoms with van der Waals surface area (Å²) >= 11 is 0. The number of hydrogen-bond donors (Lipinski definition) is 1. The predicted molar refractivity (Wildman–Crippen MR) is 109 cm³/mol. The van der Waals surface area contributed by atoms with Crippen molar-refractivity contribution in [3.05, 3.63) is 95.6 Å². The van der Waals surface area contributed by atoms with Crippen LogP contribution in [0.3, 0.4) is 0 Å². The van der Waals surface area contributed by atoms with Crippen LogP contribution in [0.1, 0.15) is 42.4 Å². The highest BCUT2D eigenvalue weighted by atomic mass is 16.5. The number of anilines is 1. The minimum atomic E-state index is 0.460. The van der Waals surface area contributed by atoms with Crippen LogP contribution in [-0.2, 0) is 13.0 Å². The zero-order valence-electron chi connectivity index (χ0n) is 15.4. The standard InChI is InChI=1S/C24H27NO/c1-19(9-8-14-20-10-4-2-5-11-20)22-15-23(25)17-24(16-22)26-18-21-12-6-3-7-13-21/h2-7,10-13,15-17,19H,8-9,14,18,25H2,1H3. The van der Waals surface area contributed by atoms with Gasteiger partial charge in [0.25, 0.3) is 0 Å². The molecule has 0 aliphatic rings. The summed E-state index contributed by atoms with van der Waals surface area (Å²) in [5, 5.41) is 0. The van der Waals surface area contributed by atoms with Crippen molar-refractivity contribution in [1.29, 1.82) is 0 Å².